The van der Waals surface area contributed by atoms with Crippen LogP contribution < -0.4 is 25.6 Å². The maximum atomic E-state index is 6.33. The fraction of sp³-hybridized carbons (Fsp3) is 0.500. The van der Waals surface area contributed by atoms with Gasteiger partial charge in [0.25, 0.3) is 0 Å². The van der Waals surface area contributed by atoms with Crippen LogP contribution in [0.1, 0.15) is 25.2 Å². The molecular weight excluding hydrogens is 430 g/mol. The quantitative estimate of drug-likeness (QED) is 0.473. The number of methoxy groups -OCH3 is 1. The van der Waals surface area contributed by atoms with Crippen molar-refractivity contribution in [3.63, 3.8) is 0 Å². The Morgan fingerprint density at radius 2 is 2.00 bits per heavy atom. The number of fused-ring (bicyclic) bond motifs is 1. The maximum absolute atomic E-state index is 6.33. The molecule has 0 aromatic carbocycles. The van der Waals surface area contributed by atoms with Gasteiger partial charge in [0.1, 0.15) is 5.69 Å². The third kappa shape index (κ3) is 5.56. The number of anilines is 4. The molecule has 0 radical (unpaired) electrons. The maximum Gasteiger partial charge on any atom is 0.239 e. The Morgan fingerprint density at radius 1 is 1.26 bits per heavy atom. The van der Waals surface area contributed by atoms with Gasteiger partial charge in [0.05, 0.1) is 30.5 Å². The number of ether oxygens (including phenoxy) is 1. The van der Waals surface area contributed by atoms with Crippen molar-refractivity contribution in [3.05, 3.63) is 29.6 Å². The van der Waals surface area contributed by atoms with E-state index in [0.717, 1.165) is 36.7 Å². The van der Waals surface area contributed by atoms with Crippen LogP contribution in [0.4, 0.5) is 22.9 Å². The van der Waals surface area contributed by atoms with Crippen molar-refractivity contribution in [2.45, 2.75) is 26.2 Å². The normalized spacial score (nSPS) is 15.2. The van der Waals surface area contributed by atoms with Crippen molar-refractivity contribution < 1.29 is 4.74 Å². The van der Waals surface area contributed by atoms with E-state index < -0.39 is 0 Å². The van der Waals surface area contributed by atoms with Gasteiger partial charge in [0.2, 0.25) is 11.8 Å². The third-order valence-electron chi connectivity index (χ3n) is 5.74. The van der Waals surface area contributed by atoms with Crippen molar-refractivity contribution in [2.24, 2.45) is 9.98 Å². The number of hydrogen-bond acceptors (Lipinski definition) is 7. The number of aliphatic imine (C=N–C) groups is 2. The van der Waals surface area contributed by atoms with Crippen LogP contribution in [0, 0.1) is 6.92 Å². The Hall–Kier alpha value is -3.40. The Bertz CT molecular complexity index is 1080. The summed E-state index contributed by atoms with van der Waals surface area (Å²) in [6, 6.07) is 5.91. The lowest BCUT2D eigenvalue weighted by atomic mass is 9.91. The molecule has 1 aliphatic rings. The van der Waals surface area contributed by atoms with Crippen molar-refractivity contribution in [2.75, 3.05) is 75.8 Å². The highest BCUT2D eigenvalue weighted by Gasteiger charge is 2.36. The minimum atomic E-state index is -0.0691. The summed E-state index contributed by atoms with van der Waals surface area (Å²) in [7, 11) is 9.29. The van der Waals surface area contributed by atoms with Gasteiger partial charge in [-0.15, -0.1) is 0 Å². The van der Waals surface area contributed by atoms with Gasteiger partial charge in [0.15, 0.2) is 5.82 Å². The Morgan fingerprint density at radius 3 is 2.65 bits per heavy atom. The first-order valence-electron chi connectivity index (χ1n) is 11.3. The van der Waals surface area contributed by atoms with Crippen molar-refractivity contribution in [1.82, 2.24) is 14.9 Å². The van der Waals surface area contributed by atoms with Crippen LogP contribution >= 0.6 is 0 Å². The lowest BCUT2D eigenvalue weighted by molar-refractivity contribution is 0.399. The zero-order valence-corrected chi connectivity index (χ0v) is 21.5. The van der Waals surface area contributed by atoms with Gasteiger partial charge in [-0.25, -0.2) is 4.99 Å². The first-order valence-corrected chi connectivity index (χ1v) is 11.3. The van der Waals surface area contributed by atoms with Crippen LogP contribution in [0.2, 0.25) is 0 Å². The molecule has 0 amide bonds. The lowest BCUT2D eigenvalue weighted by Crippen LogP contribution is -2.29. The number of pyridine rings is 2. The molecule has 10 nitrogen and oxygen atoms in total. The molecule has 0 saturated carbocycles. The number of nitrogens with two attached hydrogens (primary N) is 1. The summed E-state index contributed by atoms with van der Waals surface area (Å²) in [6.45, 7) is 8.84. The molecule has 0 bridgehead atoms. The molecule has 1 aliphatic heterocycles. The van der Waals surface area contributed by atoms with E-state index in [0.29, 0.717) is 29.0 Å². The predicted octanol–water partition coefficient (Wildman–Crippen LogP) is 2.60. The predicted molar refractivity (Wildman–Crippen MR) is 142 cm³/mol. The highest BCUT2D eigenvalue weighted by Crippen LogP contribution is 2.38. The van der Waals surface area contributed by atoms with Crippen LogP contribution in [-0.4, -0.2) is 82.1 Å². The van der Waals surface area contributed by atoms with Crippen LogP contribution in [0.5, 0.6) is 5.88 Å². The molecule has 0 atom stereocenters. The molecule has 3 N–H and O–H groups in total. The van der Waals surface area contributed by atoms with E-state index in [-0.39, 0.29) is 5.41 Å². The second-order valence-electron chi connectivity index (χ2n) is 9.43. The molecule has 0 aliphatic carbocycles. The van der Waals surface area contributed by atoms with E-state index in [1.54, 1.807) is 26.6 Å². The molecule has 0 saturated heterocycles. The standard InChI is InChI=1S/C24H37N9O/c1-16-9-10-19-20(28-16)24(2,3)14-33(19)15-27-23(26-4)29-18-13-17(25)21(30-22(18)34-8)32(7)12-11-31(5)6/h9-10,13,15H,11-12,14,25H2,1-8H3,(H,26,29). The molecule has 0 spiro atoms. The number of likely N-dealkylation sites (N-methyl/N-ethyl adjacent to an activating group) is 2. The number of aromatic nitrogens is 2. The zero-order valence-electron chi connectivity index (χ0n) is 21.5. The van der Waals surface area contributed by atoms with E-state index in [2.05, 4.69) is 50.0 Å². The summed E-state index contributed by atoms with van der Waals surface area (Å²) in [5.41, 5.74) is 10.6. The smallest absolute Gasteiger partial charge is 0.239 e. The second kappa shape index (κ2) is 10.3. The summed E-state index contributed by atoms with van der Waals surface area (Å²) in [5.74, 6) is 1.51. The number of nitrogen functional groups attached to an aromatic ring is 1. The molecule has 3 rings (SSSR count). The largest absolute Gasteiger partial charge is 0.479 e. The first-order chi connectivity index (χ1) is 16.1. The first kappa shape index (κ1) is 25.2. The Kier molecular flexibility index (Phi) is 7.61. The summed E-state index contributed by atoms with van der Waals surface area (Å²) in [5, 5.41) is 3.20. The molecule has 184 valence electrons. The van der Waals surface area contributed by atoms with Gasteiger partial charge in [-0.1, -0.05) is 13.8 Å². The summed E-state index contributed by atoms with van der Waals surface area (Å²) < 4.78 is 5.53. The second-order valence-corrected chi connectivity index (χ2v) is 9.43. The molecule has 10 heteroatoms. The highest BCUT2D eigenvalue weighted by molar-refractivity contribution is 6.02. The van der Waals surface area contributed by atoms with Gasteiger partial charge < -0.3 is 30.5 Å². The minimum Gasteiger partial charge on any atom is -0.479 e. The van der Waals surface area contributed by atoms with Gasteiger partial charge in [-0.3, -0.25) is 9.98 Å². The van der Waals surface area contributed by atoms with Crippen molar-refractivity contribution in [3.8, 4) is 5.88 Å². The SMILES string of the molecule is CN=C(N=CN1CC(C)(C)c2nc(C)ccc21)Nc1cc(N)c(N(C)CCN(C)C)nc1OC. The monoisotopic (exact) mass is 467 g/mol. The number of rotatable bonds is 7. The van der Waals surface area contributed by atoms with Gasteiger partial charge >= 0.3 is 0 Å². The van der Waals surface area contributed by atoms with E-state index in [4.69, 9.17) is 15.5 Å². The average Bonchev–Trinajstić information content (AvgIpc) is 3.04. The van der Waals surface area contributed by atoms with E-state index in [1.807, 2.05) is 39.0 Å². The Labute approximate surface area is 202 Å². The lowest BCUT2D eigenvalue weighted by Gasteiger charge is -2.23. The molecule has 34 heavy (non-hydrogen) atoms. The van der Waals surface area contributed by atoms with Gasteiger partial charge in [0, 0.05) is 44.8 Å². The molecule has 2 aromatic heterocycles. The van der Waals surface area contributed by atoms with E-state index >= 15 is 0 Å². The number of nitrogens with zero attached hydrogens (tertiary/aromatic N) is 7. The third-order valence-corrected chi connectivity index (χ3v) is 5.74. The zero-order chi connectivity index (χ0) is 25.0. The average molecular weight is 468 g/mol. The van der Waals surface area contributed by atoms with E-state index in [1.165, 1.54) is 0 Å². The van der Waals surface area contributed by atoms with Crippen LogP contribution in [0.25, 0.3) is 0 Å². The molecule has 2 aromatic rings. The molecular formula is C24H37N9O. The van der Waals surface area contributed by atoms with Crippen LogP contribution in [-0.2, 0) is 5.41 Å². The molecule has 3 heterocycles. The van der Waals surface area contributed by atoms with Crippen LogP contribution in [0.15, 0.2) is 28.2 Å². The summed E-state index contributed by atoms with van der Waals surface area (Å²) in [6.07, 6.45) is 1.78. The molecule has 0 fully saturated rings. The van der Waals surface area contributed by atoms with E-state index in [9.17, 15) is 0 Å². The fourth-order valence-electron chi connectivity index (χ4n) is 3.87. The highest BCUT2D eigenvalue weighted by atomic mass is 16.5. The number of guanidine groups is 1. The van der Waals surface area contributed by atoms with Crippen molar-refractivity contribution >= 4 is 35.2 Å². The van der Waals surface area contributed by atoms with Crippen molar-refractivity contribution in [1.29, 1.82) is 0 Å². The Balaban J connectivity index is 1.80. The van der Waals surface area contributed by atoms with Gasteiger partial charge in [-0.2, -0.15) is 4.98 Å². The minimum absolute atomic E-state index is 0.0691. The summed E-state index contributed by atoms with van der Waals surface area (Å²) in [4.78, 5) is 24.5. The fourth-order valence-corrected chi connectivity index (χ4v) is 3.87. The molecule has 0 unspecified atom stereocenters. The van der Waals surface area contributed by atoms with Crippen LogP contribution in [0.3, 0.4) is 0 Å². The topological polar surface area (TPSA) is 108 Å². The number of aryl methyl sites for hydroxylation is 1. The summed E-state index contributed by atoms with van der Waals surface area (Å²) >= 11 is 0. The van der Waals surface area contributed by atoms with Gasteiger partial charge in [-0.05, 0) is 39.2 Å². The number of hydrogen-bond donors (Lipinski definition) is 2. The number of nitrogens with one attached hydrogen (secondary N) is 1.